The molecule has 1 unspecified atom stereocenters. The maximum atomic E-state index is 6.23. The van der Waals surface area contributed by atoms with Crippen LogP contribution in [0.5, 0.6) is 5.88 Å². The maximum absolute atomic E-state index is 6.23. The van der Waals surface area contributed by atoms with Gasteiger partial charge in [-0.25, -0.2) is 0 Å². The number of nitrogens with two attached hydrogens (primary N) is 1. The molecule has 2 heterocycles. The van der Waals surface area contributed by atoms with Crippen molar-refractivity contribution < 1.29 is 4.74 Å². The number of fused-ring (bicyclic) bond motifs is 1. The zero-order valence-corrected chi connectivity index (χ0v) is 11.9. The SMILES string of the molecule is COc1ccc(C(N)Cc2csc3ccccc23)nn1. The lowest BCUT2D eigenvalue weighted by Crippen LogP contribution is -2.15. The first-order chi connectivity index (χ1) is 9.78. The number of benzene rings is 1. The van der Waals surface area contributed by atoms with Crippen LogP contribution in [0.3, 0.4) is 0 Å². The molecule has 20 heavy (non-hydrogen) atoms. The molecular weight excluding hydrogens is 270 g/mol. The average molecular weight is 285 g/mol. The molecule has 0 bridgehead atoms. The lowest BCUT2D eigenvalue weighted by atomic mass is 10.0. The van der Waals surface area contributed by atoms with E-state index in [4.69, 9.17) is 10.5 Å². The van der Waals surface area contributed by atoms with Crippen molar-refractivity contribution in [3.8, 4) is 5.88 Å². The predicted molar refractivity (Wildman–Crippen MR) is 81.0 cm³/mol. The quantitative estimate of drug-likeness (QED) is 0.800. The summed E-state index contributed by atoms with van der Waals surface area (Å²) < 4.78 is 6.29. The van der Waals surface area contributed by atoms with Crippen LogP contribution in [0.4, 0.5) is 0 Å². The highest BCUT2D eigenvalue weighted by Gasteiger charge is 2.12. The van der Waals surface area contributed by atoms with E-state index in [1.165, 1.54) is 15.6 Å². The Labute approximate surface area is 121 Å². The Morgan fingerprint density at radius 3 is 2.80 bits per heavy atom. The van der Waals surface area contributed by atoms with Crippen molar-refractivity contribution in [3.05, 3.63) is 53.0 Å². The van der Waals surface area contributed by atoms with Crippen molar-refractivity contribution in [2.75, 3.05) is 7.11 Å². The van der Waals surface area contributed by atoms with E-state index < -0.39 is 0 Å². The summed E-state index contributed by atoms with van der Waals surface area (Å²) in [5, 5.41) is 11.5. The second-order valence-electron chi connectivity index (χ2n) is 4.57. The zero-order chi connectivity index (χ0) is 13.9. The molecule has 0 amide bonds. The molecule has 0 aliphatic heterocycles. The fraction of sp³-hybridized carbons (Fsp3) is 0.200. The van der Waals surface area contributed by atoms with E-state index in [2.05, 4.69) is 39.8 Å². The molecule has 4 nitrogen and oxygen atoms in total. The minimum Gasteiger partial charge on any atom is -0.480 e. The van der Waals surface area contributed by atoms with Gasteiger partial charge in [0.1, 0.15) is 0 Å². The van der Waals surface area contributed by atoms with Crippen LogP contribution in [0.25, 0.3) is 10.1 Å². The molecule has 3 rings (SSSR count). The summed E-state index contributed by atoms with van der Waals surface area (Å²) in [6.07, 6.45) is 0.755. The average Bonchev–Trinajstić information content (AvgIpc) is 2.91. The van der Waals surface area contributed by atoms with Gasteiger partial charge in [-0.1, -0.05) is 18.2 Å². The van der Waals surface area contributed by atoms with E-state index >= 15 is 0 Å². The van der Waals surface area contributed by atoms with Crippen LogP contribution < -0.4 is 10.5 Å². The Balaban J connectivity index is 1.82. The highest BCUT2D eigenvalue weighted by atomic mass is 32.1. The van der Waals surface area contributed by atoms with Gasteiger partial charge in [-0.2, -0.15) is 5.10 Å². The number of aromatic nitrogens is 2. The molecular formula is C15H15N3OS. The van der Waals surface area contributed by atoms with Gasteiger partial charge in [0, 0.05) is 10.8 Å². The zero-order valence-electron chi connectivity index (χ0n) is 11.1. The van der Waals surface area contributed by atoms with Crippen LogP contribution in [-0.2, 0) is 6.42 Å². The van der Waals surface area contributed by atoms with Gasteiger partial charge in [0.05, 0.1) is 18.8 Å². The van der Waals surface area contributed by atoms with Crippen molar-refractivity contribution >= 4 is 21.4 Å². The lowest BCUT2D eigenvalue weighted by Gasteiger charge is -2.10. The Bertz CT molecular complexity index is 708. The molecule has 0 saturated carbocycles. The number of hydrogen-bond donors (Lipinski definition) is 1. The van der Waals surface area contributed by atoms with Crippen LogP contribution >= 0.6 is 11.3 Å². The minimum absolute atomic E-state index is 0.161. The molecule has 0 radical (unpaired) electrons. The molecule has 0 fully saturated rings. The fourth-order valence-electron chi connectivity index (χ4n) is 2.17. The van der Waals surface area contributed by atoms with Gasteiger partial charge in [-0.15, -0.1) is 16.4 Å². The summed E-state index contributed by atoms with van der Waals surface area (Å²) in [6, 6.07) is 11.9. The van der Waals surface area contributed by atoms with Gasteiger partial charge >= 0.3 is 0 Å². The summed E-state index contributed by atoms with van der Waals surface area (Å²) in [7, 11) is 1.57. The second-order valence-corrected chi connectivity index (χ2v) is 5.48. The number of thiophene rings is 1. The fourth-order valence-corrected chi connectivity index (χ4v) is 3.14. The summed E-state index contributed by atoms with van der Waals surface area (Å²) >= 11 is 1.75. The van der Waals surface area contributed by atoms with E-state index in [-0.39, 0.29) is 6.04 Å². The Hall–Kier alpha value is -1.98. The molecule has 5 heteroatoms. The summed E-state index contributed by atoms with van der Waals surface area (Å²) in [5.41, 5.74) is 8.27. The number of nitrogens with zero attached hydrogens (tertiary/aromatic N) is 2. The molecule has 0 spiro atoms. The molecule has 3 aromatic rings. The predicted octanol–water partition coefficient (Wildman–Crippen LogP) is 2.94. The standard InChI is InChI=1S/C15H15N3OS/c1-19-15-7-6-13(17-18-15)12(16)8-10-9-20-14-5-3-2-4-11(10)14/h2-7,9,12H,8,16H2,1H3. The van der Waals surface area contributed by atoms with E-state index in [0.717, 1.165) is 12.1 Å². The van der Waals surface area contributed by atoms with Gasteiger partial charge < -0.3 is 10.5 Å². The largest absolute Gasteiger partial charge is 0.480 e. The van der Waals surface area contributed by atoms with Gasteiger partial charge in [0.15, 0.2) is 0 Å². The Morgan fingerprint density at radius 2 is 2.05 bits per heavy atom. The number of rotatable bonds is 4. The van der Waals surface area contributed by atoms with Crippen LogP contribution in [0.1, 0.15) is 17.3 Å². The molecule has 102 valence electrons. The third-order valence-electron chi connectivity index (χ3n) is 3.25. The number of methoxy groups -OCH3 is 1. The summed E-state index contributed by atoms with van der Waals surface area (Å²) in [4.78, 5) is 0. The molecule has 2 aromatic heterocycles. The van der Waals surface area contributed by atoms with E-state index in [1.54, 1.807) is 24.5 Å². The molecule has 0 aliphatic carbocycles. The monoisotopic (exact) mass is 285 g/mol. The van der Waals surface area contributed by atoms with Gasteiger partial charge in [-0.05, 0) is 34.9 Å². The highest BCUT2D eigenvalue weighted by molar-refractivity contribution is 7.17. The summed E-state index contributed by atoms with van der Waals surface area (Å²) in [5.74, 6) is 0.502. The van der Waals surface area contributed by atoms with Crippen LogP contribution in [0.2, 0.25) is 0 Å². The van der Waals surface area contributed by atoms with E-state index in [1.807, 2.05) is 6.07 Å². The van der Waals surface area contributed by atoms with E-state index in [0.29, 0.717) is 5.88 Å². The number of hydrogen-bond acceptors (Lipinski definition) is 5. The first-order valence-corrected chi connectivity index (χ1v) is 7.24. The van der Waals surface area contributed by atoms with Gasteiger partial charge in [-0.3, -0.25) is 0 Å². The van der Waals surface area contributed by atoms with Crippen molar-refractivity contribution in [3.63, 3.8) is 0 Å². The van der Waals surface area contributed by atoms with Gasteiger partial charge in [0.25, 0.3) is 0 Å². The molecule has 1 atom stereocenters. The lowest BCUT2D eigenvalue weighted by molar-refractivity contribution is 0.390. The molecule has 0 saturated heterocycles. The van der Waals surface area contributed by atoms with Crippen LogP contribution in [0.15, 0.2) is 41.8 Å². The topological polar surface area (TPSA) is 61.0 Å². The smallest absolute Gasteiger partial charge is 0.233 e. The van der Waals surface area contributed by atoms with Crippen LogP contribution in [0, 0.1) is 0 Å². The molecule has 1 aromatic carbocycles. The minimum atomic E-state index is -0.161. The first kappa shape index (κ1) is 13.0. The normalized spacial score (nSPS) is 12.5. The van der Waals surface area contributed by atoms with Crippen molar-refractivity contribution in [2.45, 2.75) is 12.5 Å². The van der Waals surface area contributed by atoms with Gasteiger partial charge in [0.2, 0.25) is 5.88 Å². The molecule has 2 N–H and O–H groups in total. The maximum Gasteiger partial charge on any atom is 0.233 e. The van der Waals surface area contributed by atoms with Crippen LogP contribution in [-0.4, -0.2) is 17.3 Å². The Morgan fingerprint density at radius 1 is 1.20 bits per heavy atom. The highest BCUT2D eigenvalue weighted by Crippen LogP contribution is 2.28. The third kappa shape index (κ3) is 2.50. The first-order valence-electron chi connectivity index (χ1n) is 6.36. The van der Waals surface area contributed by atoms with Crippen molar-refractivity contribution in [1.29, 1.82) is 0 Å². The third-order valence-corrected chi connectivity index (χ3v) is 4.26. The number of ether oxygens (including phenoxy) is 1. The van der Waals surface area contributed by atoms with Crippen molar-refractivity contribution in [2.24, 2.45) is 5.73 Å². The second kappa shape index (κ2) is 5.56. The van der Waals surface area contributed by atoms with Crippen molar-refractivity contribution in [1.82, 2.24) is 10.2 Å². The molecule has 0 aliphatic rings. The summed E-state index contributed by atoms with van der Waals surface area (Å²) in [6.45, 7) is 0. The Kier molecular flexibility index (Phi) is 3.62. The van der Waals surface area contributed by atoms with E-state index in [9.17, 15) is 0 Å².